The van der Waals surface area contributed by atoms with E-state index in [0.29, 0.717) is 10.6 Å². The number of aromatic nitrogens is 1. The number of methoxy groups -OCH3 is 1. The van der Waals surface area contributed by atoms with Gasteiger partial charge >= 0.3 is 0 Å². The first-order valence-electron chi connectivity index (χ1n) is 7.47. The van der Waals surface area contributed by atoms with Gasteiger partial charge in [0.1, 0.15) is 5.75 Å². The van der Waals surface area contributed by atoms with E-state index in [1.54, 1.807) is 31.6 Å². The van der Waals surface area contributed by atoms with E-state index >= 15 is 0 Å². The molecule has 1 atom stereocenters. The smallest absolute Gasteiger partial charge is 0.253 e. The van der Waals surface area contributed by atoms with Crippen molar-refractivity contribution < 1.29 is 9.53 Å². The van der Waals surface area contributed by atoms with Gasteiger partial charge in [0.05, 0.1) is 18.4 Å². The van der Waals surface area contributed by atoms with Crippen LogP contribution in [0.1, 0.15) is 16.8 Å². The summed E-state index contributed by atoms with van der Waals surface area (Å²) in [5.74, 6) is 0.691. The first kappa shape index (κ1) is 15.6. The molecular formula is C17H18ClN3O2. The van der Waals surface area contributed by atoms with Gasteiger partial charge in [-0.2, -0.15) is 0 Å². The molecule has 5 nitrogen and oxygen atoms in total. The Bertz CT molecular complexity index is 693. The predicted octanol–water partition coefficient (Wildman–Crippen LogP) is 2.75. The molecule has 1 aromatic heterocycles. The number of nitrogens with zero attached hydrogens (tertiary/aromatic N) is 2. The van der Waals surface area contributed by atoms with Crippen LogP contribution in [0, 0.1) is 0 Å². The number of carbonyl (C=O) groups excluding carboxylic acids is 1. The molecule has 6 heteroatoms. The Kier molecular flexibility index (Phi) is 4.67. The second-order valence-electron chi connectivity index (χ2n) is 5.46. The number of halogens is 1. The molecule has 0 bridgehead atoms. The highest BCUT2D eigenvalue weighted by atomic mass is 35.5. The van der Waals surface area contributed by atoms with Crippen LogP contribution < -0.4 is 15.0 Å². The summed E-state index contributed by atoms with van der Waals surface area (Å²) in [6.07, 6.45) is 4.10. The molecule has 1 aromatic carbocycles. The lowest BCUT2D eigenvalue weighted by atomic mass is 10.2. The van der Waals surface area contributed by atoms with Gasteiger partial charge in [0.15, 0.2) is 0 Å². The van der Waals surface area contributed by atoms with E-state index in [1.165, 1.54) is 0 Å². The van der Waals surface area contributed by atoms with Gasteiger partial charge in [0.25, 0.3) is 5.91 Å². The summed E-state index contributed by atoms with van der Waals surface area (Å²) < 4.78 is 5.40. The van der Waals surface area contributed by atoms with Gasteiger partial charge in [0, 0.05) is 36.5 Å². The Balaban J connectivity index is 1.67. The highest BCUT2D eigenvalue weighted by Gasteiger charge is 2.26. The molecule has 1 N–H and O–H groups in total. The van der Waals surface area contributed by atoms with Crippen LogP contribution >= 0.6 is 11.6 Å². The summed E-state index contributed by atoms with van der Waals surface area (Å²) in [6.45, 7) is 1.57. The van der Waals surface area contributed by atoms with E-state index in [-0.39, 0.29) is 11.9 Å². The SMILES string of the molecule is COc1ccc(Cl)cc1N1CC[C@@H](NC(=O)c2cccnc2)C1. The summed E-state index contributed by atoms with van der Waals surface area (Å²) in [4.78, 5) is 18.4. The lowest BCUT2D eigenvalue weighted by molar-refractivity contribution is 0.0940. The van der Waals surface area contributed by atoms with Crippen molar-refractivity contribution in [3.63, 3.8) is 0 Å². The monoisotopic (exact) mass is 331 g/mol. The third kappa shape index (κ3) is 3.56. The zero-order chi connectivity index (χ0) is 16.2. The first-order chi connectivity index (χ1) is 11.2. The fraction of sp³-hybridized carbons (Fsp3) is 0.294. The fourth-order valence-corrected chi connectivity index (χ4v) is 2.94. The second kappa shape index (κ2) is 6.87. The van der Waals surface area contributed by atoms with Gasteiger partial charge in [-0.3, -0.25) is 9.78 Å². The highest BCUT2D eigenvalue weighted by Crippen LogP contribution is 2.33. The molecule has 1 amide bonds. The Morgan fingerprint density at radius 3 is 3.04 bits per heavy atom. The number of hydrogen-bond acceptors (Lipinski definition) is 4. The fourth-order valence-electron chi connectivity index (χ4n) is 2.77. The van der Waals surface area contributed by atoms with Crippen LogP contribution in [0.3, 0.4) is 0 Å². The quantitative estimate of drug-likeness (QED) is 0.936. The topological polar surface area (TPSA) is 54.5 Å². The number of nitrogens with one attached hydrogen (secondary N) is 1. The first-order valence-corrected chi connectivity index (χ1v) is 7.84. The summed E-state index contributed by atoms with van der Waals surface area (Å²) in [5.41, 5.74) is 1.53. The Hall–Kier alpha value is -2.27. The molecule has 1 fully saturated rings. The summed E-state index contributed by atoms with van der Waals surface area (Å²) in [5, 5.41) is 3.72. The molecule has 1 aliphatic rings. The third-order valence-corrected chi connectivity index (χ3v) is 4.16. The number of hydrogen-bond donors (Lipinski definition) is 1. The van der Waals surface area contributed by atoms with Gasteiger partial charge in [-0.1, -0.05) is 11.6 Å². The maximum absolute atomic E-state index is 12.2. The molecule has 120 valence electrons. The Labute approximate surface area is 140 Å². The molecule has 0 saturated carbocycles. The largest absolute Gasteiger partial charge is 0.495 e. The van der Waals surface area contributed by atoms with Crippen LogP contribution in [0.4, 0.5) is 5.69 Å². The average Bonchev–Trinajstić information content (AvgIpc) is 3.04. The third-order valence-electron chi connectivity index (χ3n) is 3.93. The minimum absolute atomic E-state index is 0.0893. The lowest BCUT2D eigenvalue weighted by Gasteiger charge is -2.21. The van der Waals surface area contributed by atoms with Crippen molar-refractivity contribution >= 4 is 23.2 Å². The standard InChI is InChI=1S/C17H18ClN3O2/c1-23-16-5-4-13(18)9-15(16)21-8-6-14(11-21)20-17(22)12-3-2-7-19-10-12/h2-5,7,9-10,14H,6,8,11H2,1H3,(H,20,22)/t14-/m1/s1. The molecule has 1 aliphatic heterocycles. The number of rotatable bonds is 4. The number of pyridine rings is 1. The van der Waals surface area contributed by atoms with Crippen molar-refractivity contribution in [3.05, 3.63) is 53.3 Å². The maximum Gasteiger partial charge on any atom is 0.253 e. The second-order valence-corrected chi connectivity index (χ2v) is 5.90. The molecule has 2 aromatic rings. The number of ether oxygens (including phenoxy) is 1. The summed E-state index contributed by atoms with van der Waals surface area (Å²) >= 11 is 6.09. The number of benzene rings is 1. The van der Waals surface area contributed by atoms with Crippen molar-refractivity contribution in [2.45, 2.75) is 12.5 Å². The molecule has 23 heavy (non-hydrogen) atoms. The number of amides is 1. The van der Waals surface area contributed by atoms with Crippen molar-refractivity contribution in [3.8, 4) is 5.75 Å². The van der Waals surface area contributed by atoms with Crippen molar-refractivity contribution in [1.82, 2.24) is 10.3 Å². The Morgan fingerprint density at radius 1 is 1.43 bits per heavy atom. The van der Waals surface area contributed by atoms with E-state index in [0.717, 1.165) is 30.9 Å². The molecule has 0 unspecified atom stereocenters. The van der Waals surface area contributed by atoms with Crippen LogP contribution in [0.25, 0.3) is 0 Å². The lowest BCUT2D eigenvalue weighted by Crippen LogP contribution is -2.37. The van der Waals surface area contributed by atoms with Gasteiger partial charge in [0.2, 0.25) is 0 Å². The van der Waals surface area contributed by atoms with Gasteiger partial charge < -0.3 is 15.0 Å². The number of anilines is 1. The van der Waals surface area contributed by atoms with Crippen LogP contribution in [-0.4, -0.2) is 37.1 Å². The van der Waals surface area contributed by atoms with Crippen LogP contribution in [-0.2, 0) is 0 Å². The van der Waals surface area contributed by atoms with E-state index in [2.05, 4.69) is 15.2 Å². The van der Waals surface area contributed by atoms with Crippen LogP contribution in [0.5, 0.6) is 5.75 Å². The van der Waals surface area contributed by atoms with Crippen molar-refractivity contribution in [2.24, 2.45) is 0 Å². The zero-order valence-corrected chi connectivity index (χ0v) is 13.6. The van der Waals surface area contributed by atoms with Gasteiger partial charge in [-0.15, -0.1) is 0 Å². The Morgan fingerprint density at radius 2 is 2.30 bits per heavy atom. The summed E-state index contributed by atoms with van der Waals surface area (Å²) in [6, 6.07) is 9.17. The van der Waals surface area contributed by atoms with E-state index in [4.69, 9.17) is 16.3 Å². The maximum atomic E-state index is 12.2. The molecule has 3 rings (SSSR count). The number of carbonyl (C=O) groups is 1. The highest BCUT2D eigenvalue weighted by molar-refractivity contribution is 6.30. The minimum Gasteiger partial charge on any atom is -0.495 e. The summed E-state index contributed by atoms with van der Waals surface area (Å²) in [7, 11) is 1.64. The van der Waals surface area contributed by atoms with Crippen molar-refractivity contribution in [1.29, 1.82) is 0 Å². The zero-order valence-electron chi connectivity index (χ0n) is 12.8. The van der Waals surface area contributed by atoms with E-state index in [1.807, 2.05) is 18.2 Å². The van der Waals surface area contributed by atoms with Crippen molar-refractivity contribution in [2.75, 3.05) is 25.1 Å². The van der Waals surface area contributed by atoms with E-state index in [9.17, 15) is 4.79 Å². The normalized spacial score (nSPS) is 17.1. The molecule has 0 spiro atoms. The molecular weight excluding hydrogens is 314 g/mol. The van der Waals surface area contributed by atoms with E-state index < -0.39 is 0 Å². The van der Waals surface area contributed by atoms with Crippen LogP contribution in [0.15, 0.2) is 42.7 Å². The van der Waals surface area contributed by atoms with Gasteiger partial charge in [-0.05, 0) is 36.8 Å². The predicted molar refractivity (Wildman–Crippen MR) is 90.3 cm³/mol. The molecule has 1 saturated heterocycles. The van der Waals surface area contributed by atoms with Crippen LogP contribution in [0.2, 0.25) is 5.02 Å². The van der Waals surface area contributed by atoms with Gasteiger partial charge in [-0.25, -0.2) is 0 Å². The molecule has 0 aliphatic carbocycles. The minimum atomic E-state index is -0.0944. The average molecular weight is 332 g/mol. The molecule has 0 radical (unpaired) electrons. The molecule has 2 heterocycles.